The first-order valence-electron chi connectivity index (χ1n) is 6.57. The molecule has 3 aromatic rings. The van der Waals surface area contributed by atoms with Crippen molar-refractivity contribution in [3.8, 4) is 0 Å². The van der Waals surface area contributed by atoms with E-state index in [0.29, 0.717) is 0 Å². The third-order valence-electron chi connectivity index (χ3n) is 3.52. The molecule has 0 amide bonds. The maximum Gasteiger partial charge on any atom is 0.0812 e. The Bertz CT molecular complexity index is 748. The van der Waals surface area contributed by atoms with Crippen molar-refractivity contribution < 1.29 is 0 Å². The van der Waals surface area contributed by atoms with Gasteiger partial charge in [0.2, 0.25) is 0 Å². The number of hydrogen-bond donors (Lipinski definition) is 2. The largest absolute Gasteiger partial charge is 0.271 e. The average molecular weight is 283 g/mol. The lowest BCUT2D eigenvalue weighted by Crippen LogP contribution is -2.29. The number of benzene rings is 1. The highest BCUT2D eigenvalue weighted by Gasteiger charge is 2.19. The Morgan fingerprint density at radius 1 is 1.20 bits per heavy atom. The third-order valence-corrected chi connectivity index (χ3v) is 4.60. The van der Waals surface area contributed by atoms with Crippen molar-refractivity contribution in [3.63, 3.8) is 0 Å². The first kappa shape index (κ1) is 13.2. The number of fused-ring (bicyclic) bond motifs is 1. The molecule has 0 aliphatic heterocycles. The number of pyridine rings is 1. The van der Waals surface area contributed by atoms with E-state index in [1.54, 1.807) is 11.3 Å². The Morgan fingerprint density at radius 3 is 2.70 bits per heavy atom. The predicted octanol–water partition coefficient (Wildman–Crippen LogP) is 3.47. The van der Waals surface area contributed by atoms with Crippen molar-refractivity contribution in [2.75, 3.05) is 0 Å². The molecule has 1 unspecified atom stereocenters. The van der Waals surface area contributed by atoms with Gasteiger partial charge in [-0.05, 0) is 48.6 Å². The van der Waals surface area contributed by atoms with Crippen LogP contribution in [-0.4, -0.2) is 4.98 Å². The molecule has 0 saturated heterocycles. The van der Waals surface area contributed by atoms with Crippen LogP contribution in [0.2, 0.25) is 0 Å². The molecule has 3 nitrogen and oxygen atoms in total. The number of nitrogens with two attached hydrogens (primary N) is 1. The van der Waals surface area contributed by atoms with E-state index in [9.17, 15) is 0 Å². The number of hydrogen-bond acceptors (Lipinski definition) is 4. The molecule has 102 valence electrons. The maximum absolute atomic E-state index is 5.84. The molecule has 3 rings (SSSR count). The van der Waals surface area contributed by atoms with Crippen LogP contribution in [0.4, 0.5) is 0 Å². The van der Waals surface area contributed by atoms with Crippen molar-refractivity contribution in [2.24, 2.45) is 5.84 Å². The van der Waals surface area contributed by atoms with E-state index >= 15 is 0 Å². The lowest BCUT2D eigenvalue weighted by molar-refractivity contribution is 0.647. The molecule has 1 aromatic carbocycles. The van der Waals surface area contributed by atoms with Gasteiger partial charge in [0.05, 0.1) is 11.6 Å². The molecule has 0 bridgehead atoms. The van der Waals surface area contributed by atoms with E-state index in [-0.39, 0.29) is 6.04 Å². The van der Waals surface area contributed by atoms with Crippen LogP contribution in [0, 0.1) is 13.8 Å². The van der Waals surface area contributed by atoms with E-state index in [0.717, 1.165) is 16.6 Å². The minimum absolute atomic E-state index is 0.00148. The van der Waals surface area contributed by atoms with Gasteiger partial charge < -0.3 is 0 Å². The zero-order chi connectivity index (χ0) is 14.1. The summed E-state index contributed by atoms with van der Waals surface area (Å²) in [6.45, 7) is 4.14. The van der Waals surface area contributed by atoms with Crippen molar-refractivity contribution >= 4 is 22.2 Å². The van der Waals surface area contributed by atoms with Gasteiger partial charge in [0.15, 0.2) is 0 Å². The van der Waals surface area contributed by atoms with Gasteiger partial charge in [0, 0.05) is 16.0 Å². The number of aromatic nitrogens is 1. The van der Waals surface area contributed by atoms with Gasteiger partial charge in [-0.15, -0.1) is 11.3 Å². The Morgan fingerprint density at radius 2 is 2.00 bits per heavy atom. The van der Waals surface area contributed by atoms with Gasteiger partial charge in [0.25, 0.3) is 0 Å². The van der Waals surface area contributed by atoms with Gasteiger partial charge in [-0.25, -0.2) is 5.43 Å². The molecule has 0 aliphatic carbocycles. The third kappa shape index (κ3) is 2.22. The van der Waals surface area contributed by atoms with Crippen LogP contribution in [0.25, 0.3) is 10.9 Å². The first-order chi connectivity index (χ1) is 9.70. The van der Waals surface area contributed by atoms with Gasteiger partial charge in [-0.2, -0.15) is 0 Å². The number of thiophene rings is 1. The molecule has 3 N–H and O–H groups in total. The summed E-state index contributed by atoms with van der Waals surface area (Å²) in [6, 6.07) is 12.4. The van der Waals surface area contributed by atoms with Gasteiger partial charge in [-0.3, -0.25) is 10.8 Å². The minimum Gasteiger partial charge on any atom is -0.271 e. The standard InChI is InChI=1S/C16H17N3S/c1-10-7-8-20-16(10)15(19-17)13-9-11(2)18-14-6-4-3-5-12(13)14/h3-9,15,19H,17H2,1-2H3. The van der Waals surface area contributed by atoms with Gasteiger partial charge >= 0.3 is 0 Å². The highest BCUT2D eigenvalue weighted by atomic mass is 32.1. The number of hydrazine groups is 1. The summed E-state index contributed by atoms with van der Waals surface area (Å²) in [4.78, 5) is 5.84. The molecule has 1 atom stereocenters. The lowest BCUT2D eigenvalue weighted by atomic mass is 9.98. The quantitative estimate of drug-likeness (QED) is 0.571. The normalized spacial score (nSPS) is 12.8. The molecule has 0 spiro atoms. The molecule has 0 fully saturated rings. The summed E-state index contributed by atoms with van der Waals surface area (Å²) < 4.78 is 0. The maximum atomic E-state index is 5.84. The smallest absolute Gasteiger partial charge is 0.0812 e. The molecule has 2 heterocycles. The second kappa shape index (κ2) is 5.32. The van der Waals surface area contributed by atoms with Crippen LogP contribution >= 0.6 is 11.3 Å². The molecule has 0 saturated carbocycles. The zero-order valence-electron chi connectivity index (χ0n) is 11.6. The van der Waals surface area contributed by atoms with Crippen LogP contribution in [0.1, 0.15) is 27.7 Å². The Kier molecular flexibility index (Phi) is 3.53. The van der Waals surface area contributed by atoms with Crippen LogP contribution in [0.3, 0.4) is 0 Å². The number of nitrogens with zero attached hydrogens (tertiary/aromatic N) is 1. The topological polar surface area (TPSA) is 50.9 Å². The van der Waals surface area contributed by atoms with Crippen molar-refractivity contribution in [1.29, 1.82) is 0 Å². The van der Waals surface area contributed by atoms with Crippen molar-refractivity contribution in [1.82, 2.24) is 10.4 Å². The second-order valence-corrected chi connectivity index (χ2v) is 5.89. The zero-order valence-corrected chi connectivity index (χ0v) is 12.4. The fourth-order valence-corrected chi connectivity index (χ4v) is 3.57. The summed E-state index contributed by atoms with van der Waals surface area (Å²) in [5, 5.41) is 3.25. The van der Waals surface area contributed by atoms with E-state index in [4.69, 9.17) is 5.84 Å². The summed E-state index contributed by atoms with van der Waals surface area (Å²) in [6.07, 6.45) is 0. The minimum atomic E-state index is 0.00148. The van der Waals surface area contributed by atoms with Gasteiger partial charge in [-0.1, -0.05) is 18.2 Å². The molecule has 2 aromatic heterocycles. The fourth-order valence-electron chi connectivity index (χ4n) is 2.57. The van der Waals surface area contributed by atoms with E-state index in [1.807, 2.05) is 25.1 Å². The SMILES string of the molecule is Cc1cc(C(NN)c2sccc2C)c2ccccc2n1. The summed E-state index contributed by atoms with van der Waals surface area (Å²) in [5.74, 6) is 5.84. The Labute approximate surface area is 122 Å². The number of nitrogens with one attached hydrogen (secondary N) is 1. The Balaban J connectivity index is 2.24. The highest BCUT2D eigenvalue weighted by Crippen LogP contribution is 2.32. The molecule has 0 radical (unpaired) electrons. The molecule has 4 heteroatoms. The first-order valence-corrected chi connectivity index (χ1v) is 7.45. The molecule has 0 aliphatic rings. The molecular formula is C16H17N3S. The summed E-state index contributed by atoms with van der Waals surface area (Å²) >= 11 is 1.73. The fraction of sp³-hybridized carbons (Fsp3) is 0.188. The van der Waals surface area contributed by atoms with E-state index in [2.05, 4.69) is 40.9 Å². The Hall–Kier alpha value is -1.75. The van der Waals surface area contributed by atoms with Crippen LogP contribution in [0.15, 0.2) is 41.8 Å². The number of rotatable bonds is 3. The second-order valence-electron chi connectivity index (χ2n) is 4.94. The van der Waals surface area contributed by atoms with Crippen LogP contribution in [0.5, 0.6) is 0 Å². The highest BCUT2D eigenvalue weighted by molar-refractivity contribution is 7.10. The van der Waals surface area contributed by atoms with Crippen molar-refractivity contribution in [2.45, 2.75) is 19.9 Å². The molecular weight excluding hydrogens is 266 g/mol. The number of aryl methyl sites for hydroxylation is 2. The predicted molar refractivity (Wildman–Crippen MR) is 84.7 cm³/mol. The summed E-state index contributed by atoms with van der Waals surface area (Å²) in [5.41, 5.74) is 7.42. The monoisotopic (exact) mass is 283 g/mol. The molecule has 20 heavy (non-hydrogen) atoms. The van der Waals surface area contributed by atoms with Crippen LogP contribution < -0.4 is 11.3 Å². The lowest BCUT2D eigenvalue weighted by Gasteiger charge is -2.18. The van der Waals surface area contributed by atoms with Gasteiger partial charge in [0.1, 0.15) is 0 Å². The van der Waals surface area contributed by atoms with Crippen LogP contribution in [-0.2, 0) is 0 Å². The van der Waals surface area contributed by atoms with E-state index in [1.165, 1.54) is 16.0 Å². The van der Waals surface area contributed by atoms with Crippen molar-refractivity contribution in [3.05, 3.63) is 63.5 Å². The summed E-state index contributed by atoms with van der Waals surface area (Å²) in [7, 11) is 0. The average Bonchev–Trinajstić information content (AvgIpc) is 2.86. The number of para-hydroxylation sites is 1. The van der Waals surface area contributed by atoms with E-state index < -0.39 is 0 Å².